The Balaban J connectivity index is 0.000000980. The van der Waals surface area contributed by atoms with Gasteiger partial charge in [0.2, 0.25) is 0 Å². The number of nitrogens with two attached hydrogens (primary N) is 1. The molecule has 0 spiro atoms. The minimum atomic E-state index is -0.0174. The number of nitrogens with zero attached hydrogens (tertiary/aromatic N) is 1. The van der Waals surface area contributed by atoms with Crippen LogP contribution in [-0.4, -0.2) is 17.7 Å². The topological polar surface area (TPSA) is 48.1 Å². The van der Waals surface area contributed by atoms with Crippen molar-refractivity contribution in [2.75, 3.05) is 6.61 Å². The molecule has 0 saturated carbocycles. The summed E-state index contributed by atoms with van der Waals surface area (Å²) >= 11 is 0. The van der Waals surface area contributed by atoms with E-state index in [2.05, 4.69) is 4.98 Å². The second-order valence-corrected chi connectivity index (χ2v) is 3.36. The molecule has 0 bridgehead atoms. The van der Waals surface area contributed by atoms with Crippen molar-refractivity contribution in [2.24, 2.45) is 5.73 Å². The molecular weight excluding hydrogens is 235 g/mol. The Morgan fingerprint density at radius 3 is 2.80 bits per heavy atom. The van der Waals surface area contributed by atoms with Crippen molar-refractivity contribution in [1.29, 1.82) is 0 Å². The summed E-state index contributed by atoms with van der Waals surface area (Å²) in [4.78, 5) is 4.04. The van der Waals surface area contributed by atoms with Gasteiger partial charge in [0.25, 0.3) is 0 Å². The van der Waals surface area contributed by atoms with Crippen molar-refractivity contribution in [3.8, 4) is 0 Å². The predicted molar refractivity (Wildman–Crippen MR) is 64.6 cm³/mol. The summed E-state index contributed by atoms with van der Waals surface area (Å²) in [6.07, 6.45) is 5.94. The zero-order chi connectivity index (χ0) is 9.10. The van der Waals surface area contributed by atoms with E-state index in [0.717, 1.165) is 25.0 Å². The van der Waals surface area contributed by atoms with Crippen LogP contribution in [0.25, 0.3) is 0 Å². The Labute approximate surface area is 102 Å². The monoisotopic (exact) mass is 250 g/mol. The summed E-state index contributed by atoms with van der Waals surface area (Å²) in [5, 5.41) is 0. The summed E-state index contributed by atoms with van der Waals surface area (Å²) in [7, 11) is 0. The van der Waals surface area contributed by atoms with Crippen LogP contribution in [0.4, 0.5) is 0 Å². The van der Waals surface area contributed by atoms with Crippen LogP contribution in [0, 0.1) is 0 Å². The van der Waals surface area contributed by atoms with Gasteiger partial charge in [-0.2, -0.15) is 0 Å². The van der Waals surface area contributed by atoms with Crippen LogP contribution in [0.15, 0.2) is 24.5 Å². The van der Waals surface area contributed by atoms with Crippen molar-refractivity contribution in [3.05, 3.63) is 30.1 Å². The zero-order valence-corrected chi connectivity index (χ0v) is 9.97. The summed E-state index contributed by atoms with van der Waals surface area (Å²) < 4.78 is 5.52. The molecular formula is C10H16Cl2N2O. The van der Waals surface area contributed by atoms with Gasteiger partial charge in [0.05, 0.1) is 12.1 Å². The van der Waals surface area contributed by atoms with E-state index in [1.165, 1.54) is 0 Å². The lowest BCUT2D eigenvalue weighted by molar-refractivity contribution is 0.0899. The molecule has 2 heterocycles. The smallest absolute Gasteiger partial charge is 0.0769 e. The minimum Gasteiger partial charge on any atom is -0.376 e. The fraction of sp³-hybridized carbons (Fsp3) is 0.500. The average molecular weight is 251 g/mol. The predicted octanol–water partition coefficient (Wildman–Crippen LogP) is 2.10. The van der Waals surface area contributed by atoms with E-state index in [1.807, 2.05) is 18.3 Å². The van der Waals surface area contributed by atoms with E-state index in [9.17, 15) is 0 Å². The molecule has 0 amide bonds. The molecule has 2 rings (SSSR count). The highest BCUT2D eigenvalue weighted by Crippen LogP contribution is 2.23. The first-order valence-electron chi connectivity index (χ1n) is 4.65. The lowest BCUT2D eigenvalue weighted by Crippen LogP contribution is -2.25. The molecule has 5 heteroatoms. The van der Waals surface area contributed by atoms with Crippen LogP contribution >= 0.6 is 24.8 Å². The third-order valence-corrected chi connectivity index (χ3v) is 2.43. The molecule has 0 aliphatic carbocycles. The van der Waals surface area contributed by atoms with Crippen molar-refractivity contribution >= 4 is 24.8 Å². The Morgan fingerprint density at radius 2 is 2.27 bits per heavy atom. The van der Waals surface area contributed by atoms with E-state index in [0.29, 0.717) is 0 Å². The normalized spacial score (nSPS) is 21.3. The third-order valence-electron chi connectivity index (χ3n) is 2.43. The van der Waals surface area contributed by atoms with Crippen molar-refractivity contribution in [1.82, 2.24) is 4.98 Å². The minimum absolute atomic E-state index is 0. The van der Waals surface area contributed by atoms with Crippen LogP contribution in [0.1, 0.15) is 24.4 Å². The van der Waals surface area contributed by atoms with E-state index in [4.69, 9.17) is 10.5 Å². The number of aromatic nitrogens is 1. The molecule has 0 aromatic carbocycles. The van der Waals surface area contributed by atoms with Crippen LogP contribution in [0.5, 0.6) is 0 Å². The van der Waals surface area contributed by atoms with Crippen molar-refractivity contribution < 1.29 is 4.74 Å². The molecule has 2 unspecified atom stereocenters. The Kier molecular flexibility index (Phi) is 6.85. The first-order chi connectivity index (χ1) is 6.38. The van der Waals surface area contributed by atoms with E-state index in [-0.39, 0.29) is 37.0 Å². The molecule has 1 aliphatic heterocycles. The van der Waals surface area contributed by atoms with Crippen LogP contribution in [0.3, 0.4) is 0 Å². The number of hydrogen-bond donors (Lipinski definition) is 1. The molecule has 3 nitrogen and oxygen atoms in total. The largest absolute Gasteiger partial charge is 0.376 e. The molecule has 1 aromatic heterocycles. The number of ether oxygens (including phenoxy) is 1. The third kappa shape index (κ3) is 3.61. The maximum atomic E-state index is 6.04. The number of hydrogen-bond acceptors (Lipinski definition) is 3. The second-order valence-electron chi connectivity index (χ2n) is 3.36. The molecule has 1 aromatic rings. The van der Waals surface area contributed by atoms with Gasteiger partial charge >= 0.3 is 0 Å². The molecule has 0 radical (unpaired) electrons. The Hall–Kier alpha value is -0.350. The Morgan fingerprint density at radius 1 is 1.47 bits per heavy atom. The molecule has 86 valence electrons. The molecule has 2 atom stereocenters. The average Bonchev–Trinajstić information content (AvgIpc) is 2.71. The summed E-state index contributed by atoms with van der Waals surface area (Å²) in [6, 6.07) is 3.89. The maximum absolute atomic E-state index is 6.04. The quantitative estimate of drug-likeness (QED) is 0.875. The number of pyridine rings is 1. The van der Waals surface area contributed by atoms with E-state index >= 15 is 0 Å². The van der Waals surface area contributed by atoms with Gasteiger partial charge in [-0.25, -0.2) is 0 Å². The first-order valence-corrected chi connectivity index (χ1v) is 4.65. The lowest BCUT2D eigenvalue weighted by atomic mass is 10.0. The van der Waals surface area contributed by atoms with Gasteiger partial charge in [-0.05, 0) is 24.5 Å². The molecule has 1 saturated heterocycles. The maximum Gasteiger partial charge on any atom is 0.0769 e. The first kappa shape index (κ1) is 14.6. The number of halogens is 2. The van der Waals surface area contributed by atoms with E-state index in [1.54, 1.807) is 6.20 Å². The highest BCUT2D eigenvalue weighted by Gasteiger charge is 2.23. The second kappa shape index (κ2) is 7.01. The summed E-state index contributed by atoms with van der Waals surface area (Å²) in [5.74, 6) is 0. The SMILES string of the molecule is Cl.Cl.NC(c1cccnc1)C1CCCO1. The van der Waals surface area contributed by atoms with Crippen LogP contribution < -0.4 is 5.73 Å². The Bertz CT molecular complexity index is 265. The molecule has 2 N–H and O–H groups in total. The zero-order valence-electron chi connectivity index (χ0n) is 8.33. The van der Waals surface area contributed by atoms with Gasteiger partial charge in [-0.1, -0.05) is 6.07 Å². The van der Waals surface area contributed by atoms with Crippen LogP contribution in [0.2, 0.25) is 0 Å². The standard InChI is InChI=1S/C10H14N2O.2ClH/c11-10(9-4-2-6-13-9)8-3-1-5-12-7-8;;/h1,3,5,7,9-10H,2,4,6,11H2;2*1H. The van der Waals surface area contributed by atoms with Crippen LogP contribution in [-0.2, 0) is 4.74 Å². The molecule has 1 fully saturated rings. The van der Waals surface area contributed by atoms with Gasteiger partial charge < -0.3 is 10.5 Å². The molecule has 1 aliphatic rings. The summed E-state index contributed by atoms with van der Waals surface area (Å²) in [5.41, 5.74) is 7.10. The van der Waals surface area contributed by atoms with E-state index < -0.39 is 0 Å². The van der Waals surface area contributed by atoms with Crippen molar-refractivity contribution in [3.63, 3.8) is 0 Å². The summed E-state index contributed by atoms with van der Waals surface area (Å²) in [6.45, 7) is 0.846. The number of rotatable bonds is 2. The van der Waals surface area contributed by atoms with Gasteiger partial charge in [0.1, 0.15) is 0 Å². The lowest BCUT2D eigenvalue weighted by Gasteiger charge is -2.17. The fourth-order valence-corrected chi connectivity index (χ4v) is 1.67. The highest BCUT2D eigenvalue weighted by atomic mass is 35.5. The fourth-order valence-electron chi connectivity index (χ4n) is 1.67. The highest BCUT2D eigenvalue weighted by molar-refractivity contribution is 5.85. The van der Waals surface area contributed by atoms with Crippen molar-refractivity contribution in [2.45, 2.75) is 25.0 Å². The van der Waals surface area contributed by atoms with Gasteiger partial charge in [0, 0.05) is 19.0 Å². The van der Waals surface area contributed by atoms with Gasteiger partial charge in [0.15, 0.2) is 0 Å². The van der Waals surface area contributed by atoms with Gasteiger partial charge in [-0.15, -0.1) is 24.8 Å². The molecule has 15 heavy (non-hydrogen) atoms. The van der Waals surface area contributed by atoms with Gasteiger partial charge in [-0.3, -0.25) is 4.98 Å².